The molecule has 1 radical (unpaired) electrons. The summed E-state index contributed by atoms with van der Waals surface area (Å²) >= 11 is 0. The molecule has 1 aliphatic rings. The Balaban J connectivity index is 0.000000328. The molecule has 1 unspecified atom stereocenters. The molecule has 229 valence electrons. The Bertz CT molecular complexity index is 1490. The Morgan fingerprint density at radius 3 is 1.56 bits per heavy atom. The normalized spacial score (nSPS) is 16.0. The number of allylic oxidation sites excluding steroid dienone is 2. The molecule has 0 saturated heterocycles. The number of hydrogen-bond donors (Lipinski definition) is 1. The van der Waals surface area contributed by atoms with Crippen LogP contribution in [0.3, 0.4) is 0 Å². The minimum Gasteiger partial charge on any atom is -0.376 e. The first-order chi connectivity index (χ1) is 19.6. The maximum atomic E-state index is 9.91. The number of nitrogens with zero attached hydrogens (tertiary/aromatic N) is 3. The van der Waals surface area contributed by atoms with Crippen LogP contribution in [0, 0.1) is 24.7 Å². The molecule has 2 aromatic carbocycles. The van der Waals surface area contributed by atoms with Crippen molar-refractivity contribution >= 4 is 28.6 Å². The summed E-state index contributed by atoms with van der Waals surface area (Å²) in [6.45, 7) is 20.5. The van der Waals surface area contributed by atoms with E-state index in [0.29, 0.717) is 0 Å². The van der Waals surface area contributed by atoms with Gasteiger partial charge in [0.05, 0.1) is 39.8 Å². The first kappa shape index (κ1) is 35.7. The molecule has 1 aromatic heterocycles. The fraction of sp³-hybridized carbons (Fsp3) is 0.351. The third-order valence-electron chi connectivity index (χ3n) is 7.17. The number of pyridine rings is 1. The van der Waals surface area contributed by atoms with Crippen molar-refractivity contribution in [3.63, 3.8) is 0 Å². The van der Waals surface area contributed by atoms with E-state index in [1.165, 1.54) is 0 Å². The number of ketones is 1. The molecule has 0 aliphatic heterocycles. The van der Waals surface area contributed by atoms with Crippen molar-refractivity contribution in [3.05, 3.63) is 113 Å². The van der Waals surface area contributed by atoms with Gasteiger partial charge in [0.25, 0.3) is 0 Å². The van der Waals surface area contributed by atoms with Crippen molar-refractivity contribution in [2.45, 2.75) is 75.3 Å². The van der Waals surface area contributed by atoms with Crippen LogP contribution < -0.4 is 0 Å². The summed E-state index contributed by atoms with van der Waals surface area (Å²) in [4.78, 5) is 24.2. The molecule has 5 nitrogen and oxygen atoms in total. The molecule has 1 heterocycles. The van der Waals surface area contributed by atoms with Gasteiger partial charge in [0.1, 0.15) is 0 Å². The largest absolute Gasteiger partial charge is 0.376 e. The average Bonchev–Trinajstić information content (AvgIpc) is 2.92. The molecule has 0 saturated carbocycles. The van der Waals surface area contributed by atoms with Crippen molar-refractivity contribution in [2.24, 2.45) is 20.8 Å². The van der Waals surface area contributed by atoms with E-state index in [1.807, 2.05) is 95.3 Å². The van der Waals surface area contributed by atoms with Gasteiger partial charge in [-0.25, -0.2) is 4.98 Å². The zero-order valence-electron chi connectivity index (χ0n) is 27.2. The molecule has 0 bridgehead atoms. The Kier molecular flexibility index (Phi) is 12.3. The molecule has 3 aromatic rings. The molecular weight excluding hydrogens is 577 g/mol. The van der Waals surface area contributed by atoms with Gasteiger partial charge in [-0.2, -0.15) is 0 Å². The van der Waals surface area contributed by atoms with E-state index in [4.69, 9.17) is 15.0 Å². The molecule has 0 spiro atoms. The maximum Gasteiger partial charge on any atom is 0.352 e. The predicted octanol–water partition coefficient (Wildman–Crippen LogP) is 8.83. The molecule has 1 aliphatic carbocycles. The number of aliphatic hydroxyl groups excluding tert-OH is 1. The minimum atomic E-state index is -0.867. The van der Waals surface area contributed by atoms with Crippen LogP contribution in [-0.2, 0) is 16.8 Å². The second-order valence-corrected chi connectivity index (χ2v) is 12.9. The van der Waals surface area contributed by atoms with E-state index in [0.717, 1.165) is 56.5 Å². The van der Waals surface area contributed by atoms with Crippen LogP contribution in [0.5, 0.6) is 0 Å². The maximum absolute atomic E-state index is 9.91. The van der Waals surface area contributed by atoms with Crippen LogP contribution in [-0.4, -0.2) is 38.2 Å². The minimum absolute atomic E-state index is 0. The number of para-hydroxylation sites is 2. The summed E-state index contributed by atoms with van der Waals surface area (Å²) in [6.07, 6.45) is 2.86. The summed E-state index contributed by atoms with van der Waals surface area (Å²) in [5.41, 5.74) is 9.50. The number of hydrogen-bond acceptors (Lipinski definition) is 4. The SMILES string of the molecule is CC(=Nc1ccccc1C)c1cccc(C(C)=Nc2ccccc2C)n1.CC(C)(C)C1=CC(O)C(=[OH+])C(C(C)(C)C)=C1.[Co]. The molecule has 6 heteroatoms. The van der Waals surface area contributed by atoms with Gasteiger partial charge in [-0.05, 0) is 91.6 Å². The van der Waals surface area contributed by atoms with Crippen molar-refractivity contribution in [1.82, 2.24) is 4.98 Å². The van der Waals surface area contributed by atoms with E-state index < -0.39 is 6.10 Å². The van der Waals surface area contributed by atoms with E-state index in [9.17, 15) is 9.90 Å². The number of benzene rings is 2. The fourth-order valence-corrected chi connectivity index (χ4v) is 4.44. The molecule has 1 atom stereocenters. The van der Waals surface area contributed by atoms with Crippen LogP contribution in [0.25, 0.3) is 0 Å². The van der Waals surface area contributed by atoms with Crippen molar-refractivity contribution in [3.8, 4) is 0 Å². The Hall–Kier alpha value is -3.45. The van der Waals surface area contributed by atoms with Gasteiger partial charge in [-0.15, -0.1) is 0 Å². The first-order valence-electron chi connectivity index (χ1n) is 14.5. The Morgan fingerprint density at radius 1 is 0.721 bits per heavy atom. The van der Waals surface area contributed by atoms with Gasteiger partial charge in [0.2, 0.25) is 0 Å². The molecule has 0 amide bonds. The molecule has 4 rings (SSSR count). The van der Waals surface area contributed by atoms with Crippen molar-refractivity contribution in [2.75, 3.05) is 0 Å². The van der Waals surface area contributed by atoms with Gasteiger partial charge >= 0.3 is 5.78 Å². The zero-order chi connectivity index (χ0) is 31.2. The quantitative estimate of drug-likeness (QED) is 0.233. The van der Waals surface area contributed by atoms with E-state index in [-0.39, 0.29) is 33.4 Å². The summed E-state index contributed by atoms with van der Waals surface area (Å²) in [7, 11) is 0. The number of aromatic nitrogens is 1. The molecule has 2 N–H and O–H groups in total. The number of carbonyl (C=O) groups excluding carboxylic acids is 1. The van der Waals surface area contributed by atoms with Gasteiger partial charge < -0.3 is 5.11 Å². The summed E-state index contributed by atoms with van der Waals surface area (Å²) in [5, 5.41) is 9.84. The van der Waals surface area contributed by atoms with Gasteiger partial charge in [-0.3, -0.25) is 14.8 Å². The second-order valence-electron chi connectivity index (χ2n) is 12.9. The monoisotopic (exact) mass is 623 g/mol. The number of aliphatic imine (C=N–C) groups is 2. The molecular formula is C37H46CoN3O2+. The average molecular weight is 624 g/mol. The number of aliphatic hydroxyl groups is 1. The second kappa shape index (κ2) is 14.8. The van der Waals surface area contributed by atoms with Gasteiger partial charge in [-0.1, -0.05) is 84.0 Å². The van der Waals surface area contributed by atoms with Crippen LogP contribution in [0.15, 0.2) is 100 Å². The Morgan fingerprint density at radius 2 is 1.16 bits per heavy atom. The van der Waals surface area contributed by atoms with E-state index in [2.05, 4.69) is 46.8 Å². The topological polar surface area (TPSA) is 79.2 Å². The third kappa shape index (κ3) is 9.78. The smallest absolute Gasteiger partial charge is 0.352 e. The van der Waals surface area contributed by atoms with Crippen LogP contribution in [0.4, 0.5) is 11.4 Å². The van der Waals surface area contributed by atoms with Crippen molar-refractivity contribution < 1.29 is 26.7 Å². The number of aryl methyl sites for hydroxylation is 2. The van der Waals surface area contributed by atoms with E-state index >= 15 is 0 Å². The summed E-state index contributed by atoms with van der Waals surface area (Å²) < 4.78 is 0. The van der Waals surface area contributed by atoms with Crippen LogP contribution in [0.1, 0.15) is 77.9 Å². The third-order valence-corrected chi connectivity index (χ3v) is 7.17. The summed E-state index contributed by atoms with van der Waals surface area (Å²) in [5.74, 6) is 0.0838. The standard InChI is InChI=1S/C23H23N3.C14H22O2.Co/c1-16-10-5-7-12-20(16)24-18(3)22-14-9-15-23(26-22)19(4)25-21-13-8-6-11-17(21)2;1-13(2,3)9-7-10(14(4,5)6)12(16)11(15)8-9;/h5-15H,1-4H3;7-8,11,15H,1-6H3;/p+1. The van der Waals surface area contributed by atoms with E-state index in [1.54, 1.807) is 6.08 Å². The van der Waals surface area contributed by atoms with Crippen molar-refractivity contribution in [1.29, 1.82) is 0 Å². The molecule has 0 fully saturated rings. The zero-order valence-corrected chi connectivity index (χ0v) is 28.2. The first-order valence-corrected chi connectivity index (χ1v) is 14.5. The van der Waals surface area contributed by atoms with Crippen LogP contribution in [0.2, 0.25) is 0 Å². The van der Waals surface area contributed by atoms with Crippen LogP contribution >= 0.6 is 0 Å². The number of rotatable bonds is 4. The fourth-order valence-electron chi connectivity index (χ4n) is 4.44. The van der Waals surface area contributed by atoms with Gasteiger partial charge in [0, 0.05) is 16.8 Å². The molecule has 43 heavy (non-hydrogen) atoms. The predicted molar refractivity (Wildman–Crippen MR) is 178 cm³/mol. The summed E-state index contributed by atoms with van der Waals surface area (Å²) in [6, 6.07) is 22.2. The van der Waals surface area contributed by atoms with Gasteiger partial charge in [0.15, 0.2) is 6.10 Å². The Labute approximate surface area is 268 Å².